The molecule has 0 saturated heterocycles. The lowest BCUT2D eigenvalue weighted by Crippen LogP contribution is -2.54. The van der Waals surface area contributed by atoms with Crippen LogP contribution in [0.15, 0.2) is 0 Å². The van der Waals surface area contributed by atoms with Crippen LogP contribution in [0.1, 0.15) is 26.2 Å². The molecule has 4 nitrogen and oxygen atoms in total. The zero-order valence-electron chi connectivity index (χ0n) is 9.68. The van der Waals surface area contributed by atoms with E-state index >= 15 is 0 Å². The summed E-state index contributed by atoms with van der Waals surface area (Å²) < 4.78 is 0. The highest BCUT2D eigenvalue weighted by Crippen LogP contribution is 2.11. The van der Waals surface area contributed by atoms with Crippen LogP contribution in [0.2, 0.25) is 0 Å². The van der Waals surface area contributed by atoms with E-state index in [4.69, 9.17) is 0 Å². The van der Waals surface area contributed by atoms with Gasteiger partial charge in [0.15, 0.2) is 0 Å². The van der Waals surface area contributed by atoms with Crippen LogP contribution < -0.4 is 16.0 Å². The minimum absolute atomic E-state index is 0.0729. The van der Waals surface area contributed by atoms with Crippen molar-refractivity contribution in [3.63, 3.8) is 0 Å². The lowest BCUT2D eigenvalue weighted by Gasteiger charge is -2.32. The SMILES string of the molecule is CNC(CCC=O)CC(C)(NC)NC. The maximum atomic E-state index is 10.3. The second-order valence-corrected chi connectivity index (χ2v) is 3.77. The molecule has 0 amide bonds. The summed E-state index contributed by atoms with van der Waals surface area (Å²) in [5.74, 6) is 0. The molecule has 0 radical (unpaired) electrons. The van der Waals surface area contributed by atoms with Crippen molar-refractivity contribution in [1.82, 2.24) is 16.0 Å². The van der Waals surface area contributed by atoms with Crippen LogP contribution in [-0.4, -0.2) is 39.1 Å². The molecule has 0 aromatic heterocycles. The van der Waals surface area contributed by atoms with Gasteiger partial charge < -0.3 is 20.7 Å². The van der Waals surface area contributed by atoms with Crippen molar-refractivity contribution in [3.05, 3.63) is 0 Å². The molecular weight excluding hydrogens is 178 g/mol. The Morgan fingerprint density at radius 2 is 1.86 bits per heavy atom. The highest BCUT2D eigenvalue weighted by molar-refractivity contribution is 5.49. The molecule has 0 spiro atoms. The first kappa shape index (κ1) is 13.5. The number of hydrogen-bond donors (Lipinski definition) is 3. The van der Waals surface area contributed by atoms with Crippen LogP contribution in [0.5, 0.6) is 0 Å². The van der Waals surface area contributed by atoms with Crippen molar-refractivity contribution < 1.29 is 4.79 Å². The highest BCUT2D eigenvalue weighted by Gasteiger charge is 2.23. The minimum Gasteiger partial charge on any atom is -0.317 e. The summed E-state index contributed by atoms with van der Waals surface area (Å²) in [4.78, 5) is 10.3. The molecule has 0 saturated carbocycles. The van der Waals surface area contributed by atoms with Gasteiger partial charge in [0.25, 0.3) is 0 Å². The largest absolute Gasteiger partial charge is 0.317 e. The van der Waals surface area contributed by atoms with Crippen molar-refractivity contribution in [3.8, 4) is 0 Å². The molecule has 0 aromatic rings. The van der Waals surface area contributed by atoms with E-state index in [0.717, 1.165) is 19.1 Å². The summed E-state index contributed by atoms with van der Waals surface area (Å²) >= 11 is 0. The quantitative estimate of drug-likeness (QED) is 0.385. The van der Waals surface area contributed by atoms with E-state index < -0.39 is 0 Å². The third-order valence-electron chi connectivity index (χ3n) is 2.80. The van der Waals surface area contributed by atoms with E-state index in [1.807, 2.05) is 21.1 Å². The minimum atomic E-state index is -0.0729. The third kappa shape index (κ3) is 4.69. The Balaban J connectivity index is 4.06. The van der Waals surface area contributed by atoms with E-state index in [9.17, 15) is 4.79 Å². The van der Waals surface area contributed by atoms with Crippen LogP contribution in [0, 0.1) is 0 Å². The van der Waals surface area contributed by atoms with Gasteiger partial charge >= 0.3 is 0 Å². The molecule has 14 heavy (non-hydrogen) atoms. The summed E-state index contributed by atoms with van der Waals surface area (Å²) in [6, 6.07) is 0.366. The monoisotopic (exact) mass is 201 g/mol. The summed E-state index contributed by atoms with van der Waals surface area (Å²) in [7, 11) is 5.80. The Morgan fingerprint density at radius 3 is 2.21 bits per heavy atom. The molecule has 0 heterocycles. The molecule has 0 aromatic carbocycles. The van der Waals surface area contributed by atoms with Crippen LogP contribution in [0.3, 0.4) is 0 Å². The van der Waals surface area contributed by atoms with Gasteiger partial charge in [-0.3, -0.25) is 0 Å². The Labute approximate surface area is 86.8 Å². The molecule has 0 aliphatic rings. The zero-order valence-corrected chi connectivity index (χ0v) is 9.68. The van der Waals surface area contributed by atoms with Crippen molar-refractivity contribution >= 4 is 6.29 Å². The first-order valence-electron chi connectivity index (χ1n) is 5.10. The molecule has 84 valence electrons. The maximum absolute atomic E-state index is 10.3. The molecule has 0 bridgehead atoms. The van der Waals surface area contributed by atoms with Gasteiger partial charge in [-0.2, -0.15) is 0 Å². The van der Waals surface area contributed by atoms with E-state index in [2.05, 4.69) is 22.9 Å². The van der Waals surface area contributed by atoms with Gasteiger partial charge in [-0.15, -0.1) is 0 Å². The van der Waals surface area contributed by atoms with Gasteiger partial charge in [0, 0.05) is 12.5 Å². The van der Waals surface area contributed by atoms with Crippen molar-refractivity contribution in [2.45, 2.75) is 37.9 Å². The highest BCUT2D eigenvalue weighted by atomic mass is 16.1. The first-order chi connectivity index (χ1) is 6.61. The van der Waals surface area contributed by atoms with Gasteiger partial charge in [0.05, 0.1) is 5.66 Å². The predicted molar refractivity (Wildman–Crippen MR) is 59.3 cm³/mol. The fraction of sp³-hybridized carbons (Fsp3) is 0.900. The molecule has 0 aliphatic heterocycles. The van der Waals surface area contributed by atoms with E-state index in [0.29, 0.717) is 12.5 Å². The average molecular weight is 201 g/mol. The molecule has 1 unspecified atom stereocenters. The Kier molecular flexibility index (Phi) is 6.70. The fourth-order valence-corrected chi connectivity index (χ4v) is 1.44. The normalized spacial score (nSPS) is 14.0. The Hall–Kier alpha value is -0.450. The predicted octanol–water partition coefficient (Wildman–Crippen LogP) is 0.0986. The second-order valence-electron chi connectivity index (χ2n) is 3.77. The van der Waals surface area contributed by atoms with Crippen LogP contribution in [-0.2, 0) is 4.79 Å². The van der Waals surface area contributed by atoms with E-state index in [-0.39, 0.29) is 5.66 Å². The Morgan fingerprint density at radius 1 is 1.29 bits per heavy atom. The maximum Gasteiger partial charge on any atom is 0.120 e. The molecule has 0 rings (SSSR count). The number of rotatable bonds is 8. The molecule has 1 atom stereocenters. The number of carbonyl (C=O) groups is 1. The van der Waals surface area contributed by atoms with E-state index in [1.54, 1.807) is 0 Å². The third-order valence-corrected chi connectivity index (χ3v) is 2.80. The van der Waals surface area contributed by atoms with Crippen molar-refractivity contribution in [2.24, 2.45) is 0 Å². The van der Waals surface area contributed by atoms with Crippen LogP contribution >= 0.6 is 0 Å². The zero-order chi connectivity index (χ0) is 11.0. The van der Waals surface area contributed by atoms with Gasteiger partial charge in [-0.05, 0) is 40.9 Å². The smallest absolute Gasteiger partial charge is 0.120 e. The summed E-state index contributed by atoms with van der Waals surface area (Å²) in [6.45, 7) is 2.11. The summed E-state index contributed by atoms with van der Waals surface area (Å²) in [5.41, 5.74) is -0.0729. The molecule has 3 N–H and O–H groups in total. The van der Waals surface area contributed by atoms with Crippen molar-refractivity contribution in [2.75, 3.05) is 21.1 Å². The average Bonchev–Trinajstić information content (AvgIpc) is 2.23. The Bertz CT molecular complexity index is 157. The number of hydrogen-bond acceptors (Lipinski definition) is 4. The standard InChI is InChI=1S/C10H23N3O/c1-10(12-3,13-4)8-9(11-2)6-5-7-14/h7,9,11-13H,5-6,8H2,1-4H3. The number of nitrogens with one attached hydrogen (secondary N) is 3. The van der Waals surface area contributed by atoms with Gasteiger partial charge in [0.2, 0.25) is 0 Å². The number of carbonyl (C=O) groups excluding carboxylic acids is 1. The summed E-state index contributed by atoms with van der Waals surface area (Å²) in [6.07, 6.45) is 3.43. The molecular formula is C10H23N3O. The van der Waals surface area contributed by atoms with Gasteiger partial charge in [0.1, 0.15) is 6.29 Å². The molecule has 4 heteroatoms. The lowest BCUT2D eigenvalue weighted by atomic mass is 9.99. The van der Waals surface area contributed by atoms with Gasteiger partial charge in [-0.1, -0.05) is 0 Å². The van der Waals surface area contributed by atoms with Crippen molar-refractivity contribution in [1.29, 1.82) is 0 Å². The van der Waals surface area contributed by atoms with E-state index in [1.165, 1.54) is 0 Å². The van der Waals surface area contributed by atoms with Gasteiger partial charge in [-0.25, -0.2) is 0 Å². The lowest BCUT2D eigenvalue weighted by molar-refractivity contribution is -0.108. The molecule has 0 aliphatic carbocycles. The number of aldehydes is 1. The first-order valence-corrected chi connectivity index (χ1v) is 5.10. The van der Waals surface area contributed by atoms with Crippen LogP contribution in [0.25, 0.3) is 0 Å². The summed E-state index contributed by atoms with van der Waals surface area (Å²) in [5, 5.41) is 9.68. The fourth-order valence-electron chi connectivity index (χ4n) is 1.44. The second kappa shape index (κ2) is 6.92. The molecule has 0 fully saturated rings. The topological polar surface area (TPSA) is 53.2 Å². The van der Waals surface area contributed by atoms with Crippen LogP contribution in [0.4, 0.5) is 0 Å².